The zero-order chi connectivity index (χ0) is 29.4. The van der Waals surface area contributed by atoms with Gasteiger partial charge in [-0.3, -0.25) is 4.79 Å². The van der Waals surface area contributed by atoms with Crippen LogP contribution in [0.2, 0.25) is 0 Å². The summed E-state index contributed by atoms with van der Waals surface area (Å²) in [6, 6.07) is 34.0. The summed E-state index contributed by atoms with van der Waals surface area (Å²) >= 11 is 5.41. The molecule has 0 aliphatic carbocycles. The van der Waals surface area contributed by atoms with Gasteiger partial charge < -0.3 is 24.2 Å². The molecule has 0 saturated carbocycles. The summed E-state index contributed by atoms with van der Waals surface area (Å²) in [5, 5.41) is 12.7. The molecule has 0 radical (unpaired) electrons. The Morgan fingerprint density at radius 3 is 2.15 bits per heavy atom. The van der Waals surface area contributed by atoms with Gasteiger partial charge in [0.05, 0.1) is 14.2 Å². The largest absolute Gasteiger partial charge is 0.507 e. The van der Waals surface area contributed by atoms with Gasteiger partial charge in [0.1, 0.15) is 28.6 Å². The monoisotopic (exact) mass is 565 g/mol. The fourth-order valence-corrected chi connectivity index (χ4v) is 4.36. The van der Waals surface area contributed by atoms with Crippen LogP contribution in [-0.2, 0) is 0 Å². The molecule has 0 unspecified atom stereocenters. The maximum Gasteiger partial charge on any atom is 0.269 e. The first-order valence-corrected chi connectivity index (χ1v) is 13.3. The van der Waals surface area contributed by atoms with E-state index in [9.17, 15) is 9.90 Å². The fourth-order valence-electron chi connectivity index (χ4n) is 4.16. The fraction of sp³-hybridized carbons (Fsp3) is 0.118. The quantitative estimate of drug-likeness (QED) is 0.168. The van der Waals surface area contributed by atoms with E-state index in [0.29, 0.717) is 16.5 Å². The number of benzene rings is 5. The van der Waals surface area contributed by atoms with Crippen molar-refractivity contribution in [3.8, 4) is 23.0 Å². The molecule has 0 heterocycles. The average molecular weight is 566 g/mol. The van der Waals surface area contributed by atoms with Gasteiger partial charge in [-0.25, -0.2) is 0 Å². The lowest BCUT2D eigenvalue weighted by Crippen LogP contribution is -2.29. The van der Waals surface area contributed by atoms with E-state index in [1.54, 1.807) is 30.3 Å². The highest BCUT2D eigenvalue weighted by Gasteiger charge is 2.20. The number of carbonyl (C=O) groups excluding carboxylic acids is 1. The summed E-state index contributed by atoms with van der Waals surface area (Å²) in [5.41, 5.74) is 2.83. The Hall–Kier alpha value is -4.88. The Labute approximate surface area is 245 Å². The smallest absolute Gasteiger partial charge is 0.269 e. The highest BCUT2D eigenvalue weighted by Crippen LogP contribution is 2.34. The van der Waals surface area contributed by atoms with Crippen LogP contribution >= 0.6 is 12.2 Å². The van der Waals surface area contributed by atoms with Crippen molar-refractivity contribution in [3.05, 3.63) is 126 Å². The number of hydrogen-bond donors (Lipinski definition) is 1. The van der Waals surface area contributed by atoms with Crippen LogP contribution < -0.4 is 19.1 Å². The first kappa shape index (κ1) is 29.1. The molecule has 41 heavy (non-hydrogen) atoms. The van der Waals surface area contributed by atoms with Crippen LogP contribution in [-0.4, -0.2) is 37.3 Å². The normalized spacial score (nSPS) is 10.2. The van der Waals surface area contributed by atoms with Crippen molar-refractivity contribution in [1.82, 2.24) is 0 Å². The number of aromatic hydroxyl groups is 1. The molecule has 0 fully saturated rings. The molecular weight excluding hydrogens is 534 g/mol. The zero-order valence-corrected chi connectivity index (χ0v) is 24.1. The number of phenols is 1. The molecule has 0 aliphatic heterocycles. The van der Waals surface area contributed by atoms with Crippen LogP contribution in [0.15, 0.2) is 109 Å². The van der Waals surface area contributed by atoms with E-state index in [0.717, 1.165) is 16.8 Å². The predicted octanol–water partition coefficient (Wildman–Crippen LogP) is 7.59. The number of rotatable bonds is 6. The molecule has 0 saturated heterocycles. The molecular formula is C34H31NO5S. The maximum absolute atomic E-state index is 12.4. The first-order chi connectivity index (χ1) is 19.8. The molecule has 7 heteroatoms. The molecule has 0 amide bonds. The van der Waals surface area contributed by atoms with E-state index in [1.165, 1.54) is 31.2 Å². The van der Waals surface area contributed by atoms with E-state index < -0.39 is 0 Å². The summed E-state index contributed by atoms with van der Waals surface area (Å²) in [5.74, 6) is 1.01. The standard InChI is InChI=1S/C19H17NOS.C15H14O4/c1-14-6-5-9-17(12-14)20(2)19(22)21-18-11-10-15-7-3-4-8-16(15)13-18;1-18-11-8-12(16)14(13(9-11)19-2)15(17)10-6-4-3-5-7-10/h3-13H,1-2H3;3-9,16H,1-2H3. The van der Waals surface area contributed by atoms with Crippen molar-refractivity contribution in [2.45, 2.75) is 6.92 Å². The van der Waals surface area contributed by atoms with Crippen molar-refractivity contribution < 1.29 is 24.1 Å². The third-order valence-corrected chi connectivity index (χ3v) is 6.72. The molecule has 6 nitrogen and oxygen atoms in total. The highest BCUT2D eigenvalue weighted by atomic mass is 32.1. The number of anilines is 1. The van der Waals surface area contributed by atoms with Crippen LogP contribution in [0.3, 0.4) is 0 Å². The molecule has 0 aliphatic rings. The van der Waals surface area contributed by atoms with Crippen LogP contribution in [0, 0.1) is 6.92 Å². The number of thiocarbonyl (C=S) groups is 1. The first-order valence-electron chi connectivity index (χ1n) is 12.9. The number of nitrogens with zero attached hydrogens (tertiary/aromatic N) is 1. The number of carbonyl (C=O) groups is 1. The lowest BCUT2D eigenvalue weighted by molar-refractivity contribution is 0.103. The van der Waals surface area contributed by atoms with Gasteiger partial charge in [0.2, 0.25) is 5.78 Å². The topological polar surface area (TPSA) is 68.2 Å². The van der Waals surface area contributed by atoms with Crippen molar-refractivity contribution in [3.63, 3.8) is 0 Å². The summed E-state index contributed by atoms with van der Waals surface area (Å²) in [7, 11) is 4.83. The minimum absolute atomic E-state index is 0.134. The van der Waals surface area contributed by atoms with Crippen LogP contribution in [0.1, 0.15) is 21.5 Å². The van der Waals surface area contributed by atoms with Gasteiger partial charge in [-0.2, -0.15) is 0 Å². The second-order valence-corrected chi connectivity index (χ2v) is 9.54. The second-order valence-electron chi connectivity index (χ2n) is 9.19. The van der Waals surface area contributed by atoms with Gasteiger partial charge in [0, 0.05) is 30.4 Å². The number of hydrogen-bond acceptors (Lipinski definition) is 6. The Morgan fingerprint density at radius 2 is 1.46 bits per heavy atom. The van der Waals surface area contributed by atoms with Gasteiger partial charge in [-0.1, -0.05) is 72.8 Å². The number of phenolic OH excluding ortho intramolecular Hbond substituents is 1. The molecule has 5 aromatic rings. The van der Waals surface area contributed by atoms with Crippen LogP contribution in [0.5, 0.6) is 23.0 Å². The summed E-state index contributed by atoms with van der Waals surface area (Å²) in [4.78, 5) is 14.2. The lowest BCUT2D eigenvalue weighted by Gasteiger charge is -2.20. The Morgan fingerprint density at radius 1 is 0.756 bits per heavy atom. The van der Waals surface area contributed by atoms with Crippen molar-refractivity contribution in [2.75, 3.05) is 26.2 Å². The van der Waals surface area contributed by atoms with E-state index >= 15 is 0 Å². The van der Waals surface area contributed by atoms with Gasteiger partial charge in [-0.05, 0) is 59.7 Å². The van der Waals surface area contributed by atoms with E-state index in [4.69, 9.17) is 26.4 Å². The van der Waals surface area contributed by atoms with Gasteiger partial charge in [-0.15, -0.1) is 0 Å². The molecule has 0 bridgehead atoms. The lowest BCUT2D eigenvalue weighted by atomic mass is 10.0. The number of aryl methyl sites for hydroxylation is 1. The van der Waals surface area contributed by atoms with Crippen LogP contribution in [0.4, 0.5) is 5.69 Å². The molecule has 5 aromatic carbocycles. The molecule has 0 spiro atoms. The predicted molar refractivity (Wildman–Crippen MR) is 168 cm³/mol. The number of ether oxygens (including phenoxy) is 3. The minimum Gasteiger partial charge on any atom is -0.507 e. The number of fused-ring (bicyclic) bond motifs is 1. The third kappa shape index (κ3) is 7.21. The van der Waals surface area contributed by atoms with Gasteiger partial charge >= 0.3 is 0 Å². The summed E-state index contributed by atoms with van der Waals surface area (Å²) in [6.07, 6.45) is 0. The van der Waals surface area contributed by atoms with Crippen molar-refractivity contribution >= 4 is 39.6 Å². The van der Waals surface area contributed by atoms with Gasteiger partial charge in [0.25, 0.3) is 5.17 Å². The van der Waals surface area contributed by atoms with E-state index in [-0.39, 0.29) is 22.8 Å². The molecule has 0 aromatic heterocycles. The third-order valence-electron chi connectivity index (χ3n) is 6.36. The van der Waals surface area contributed by atoms with Gasteiger partial charge in [0.15, 0.2) is 0 Å². The van der Waals surface area contributed by atoms with Crippen molar-refractivity contribution in [1.29, 1.82) is 0 Å². The average Bonchev–Trinajstić information content (AvgIpc) is 3.00. The number of methoxy groups -OCH3 is 2. The number of ketones is 1. The molecule has 5 rings (SSSR count). The van der Waals surface area contributed by atoms with Crippen molar-refractivity contribution in [2.24, 2.45) is 0 Å². The maximum atomic E-state index is 12.4. The van der Waals surface area contributed by atoms with E-state index in [1.807, 2.05) is 60.5 Å². The molecule has 0 atom stereocenters. The summed E-state index contributed by atoms with van der Waals surface area (Å²) in [6.45, 7) is 2.06. The summed E-state index contributed by atoms with van der Waals surface area (Å²) < 4.78 is 16.0. The second kappa shape index (κ2) is 13.5. The molecule has 1 N–H and O–H groups in total. The Balaban J connectivity index is 0.000000191. The Kier molecular flexibility index (Phi) is 9.55. The zero-order valence-electron chi connectivity index (χ0n) is 23.3. The highest BCUT2D eigenvalue weighted by molar-refractivity contribution is 7.80. The SMILES string of the molecule is COc1cc(O)c(C(=O)c2ccccc2)c(OC)c1.Cc1cccc(N(C)C(=S)Oc2ccc3ccccc3c2)c1. The van der Waals surface area contributed by atoms with Crippen LogP contribution in [0.25, 0.3) is 10.8 Å². The minimum atomic E-state index is -0.294. The Bertz CT molecular complexity index is 1670. The molecule has 208 valence electrons. The van der Waals surface area contributed by atoms with E-state index in [2.05, 4.69) is 31.2 Å².